The Morgan fingerprint density at radius 1 is 1.10 bits per heavy atom. The second-order valence-corrected chi connectivity index (χ2v) is 8.20. The van der Waals surface area contributed by atoms with Crippen LogP contribution in [0.15, 0.2) is 54.6 Å². The van der Waals surface area contributed by atoms with Crippen LogP contribution in [0.25, 0.3) is 10.9 Å². The molecule has 1 aromatic heterocycles. The smallest absolute Gasteiger partial charge is 0.300 e. The first-order valence-corrected chi connectivity index (χ1v) is 11.0. The number of piperidine rings is 1. The van der Waals surface area contributed by atoms with E-state index in [2.05, 4.69) is 70.2 Å². The fraction of sp³-hybridized carbons (Fsp3) is 0.346. The third-order valence-electron chi connectivity index (χ3n) is 5.93. The second-order valence-electron chi connectivity index (χ2n) is 8.20. The molecule has 5 heteroatoms. The van der Waals surface area contributed by atoms with Gasteiger partial charge < -0.3 is 20.1 Å². The van der Waals surface area contributed by atoms with E-state index in [4.69, 9.17) is 0 Å². The summed E-state index contributed by atoms with van der Waals surface area (Å²) >= 11 is 0. The zero-order valence-electron chi connectivity index (χ0n) is 18.3. The van der Waals surface area contributed by atoms with Gasteiger partial charge in [-0.2, -0.15) is 0 Å². The number of hydrogen-bond acceptors (Lipinski definition) is 3. The quantitative estimate of drug-likeness (QED) is 0.624. The number of carbonyl (C=O) groups excluding carboxylic acids is 1. The van der Waals surface area contributed by atoms with Crippen molar-refractivity contribution in [3.05, 3.63) is 65.9 Å². The molecule has 160 valence electrons. The van der Waals surface area contributed by atoms with Crippen LogP contribution < -0.4 is 10.6 Å². The molecule has 2 aromatic carbocycles. The molecule has 31 heavy (non-hydrogen) atoms. The molecule has 0 spiro atoms. The van der Waals surface area contributed by atoms with Gasteiger partial charge in [-0.3, -0.25) is 4.79 Å². The second kappa shape index (κ2) is 9.82. The molecule has 1 amide bonds. The molecule has 5 nitrogen and oxygen atoms in total. The van der Waals surface area contributed by atoms with Crippen LogP contribution in [-0.4, -0.2) is 41.6 Å². The average molecular weight is 415 g/mol. The van der Waals surface area contributed by atoms with E-state index in [0.717, 1.165) is 48.5 Å². The van der Waals surface area contributed by atoms with Gasteiger partial charge in [0.05, 0.1) is 5.69 Å². The lowest BCUT2D eigenvalue weighted by molar-refractivity contribution is -0.111. The lowest BCUT2D eigenvalue weighted by atomic mass is 10.0. The van der Waals surface area contributed by atoms with Crippen molar-refractivity contribution in [1.29, 1.82) is 0 Å². The Morgan fingerprint density at radius 3 is 2.61 bits per heavy atom. The van der Waals surface area contributed by atoms with E-state index in [0.29, 0.717) is 6.04 Å². The van der Waals surface area contributed by atoms with Crippen LogP contribution in [0, 0.1) is 11.8 Å². The zero-order chi connectivity index (χ0) is 21.6. The highest BCUT2D eigenvalue weighted by Gasteiger charge is 2.16. The van der Waals surface area contributed by atoms with E-state index >= 15 is 0 Å². The van der Waals surface area contributed by atoms with Gasteiger partial charge in [-0.15, -0.1) is 0 Å². The highest BCUT2D eigenvalue weighted by molar-refractivity contribution is 6.04. The predicted molar refractivity (Wildman–Crippen MR) is 127 cm³/mol. The molecular formula is C26H30N4O. The molecule has 4 rings (SSSR count). The van der Waals surface area contributed by atoms with Crippen LogP contribution >= 0.6 is 0 Å². The summed E-state index contributed by atoms with van der Waals surface area (Å²) in [5, 5.41) is 7.68. The monoisotopic (exact) mass is 414 g/mol. The van der Waals surface area contributed by atoms with Crippen molar-refractivity contribution in [3.63, 3.8) is 0 Å². The maximum atomic E-state index is 12.2. The molecule has 2 heterocycles. The van der Waals surface area contributed by atoms with E-state index in [1.165, 1.54) is 18.4 Å². The Hall–Kier alpha value is -3.07. The minimum Gasteiger partial charge on any atom is -0.334 e. The lowest BCUT2D eigenvalue weighted by Gasteiger charge is -2.29. The Bertz CT molecular complexity index is 1100. The summed E-state index contributed by atoms with van der Waals surface area (Å²) in [4.78, 5) is 14.6. The van der Waals surface area contributed by atoms with Crippen molar-refractivity contribution in [2.24, 2.45) is 0 Å². The number of fused-ring (bicyclic) bond motifs is 1. The highest BCUT2D eigenvalue weighted by atomic mass is 16.1. The van der Waals surface area contributed by atoms with Gasteiger partial charge in [0.2, 0.25) is 0 Å². The minimum absolute atomic E-state index is 0.304. The first kappa shape index (κ1) is 21.2. The molecule has 0 unspecified atom stereocenters. The fourth-order valence-electron chi connectivity index (χ4n) is 4.15. The Morgan fingerprint density at radius 2 is 1.87 bits per heavy atom. The zero-order valence-corrected chi connectivity index (χ0v) is 18.3. The van der Waals surface area contributed by atoms with Crippen molar-refractivity contribution in [2.45, 2.75) is 38.9 Å². The van der Waals surface area contributed by atoms with Crippen molar-refractivity contribution >= 4 is 22.5 Å². The number of anilines is 1. The molecule has 0 bridgehead atoms. The molecule has 0 aliphatic carbocycles. The maximum Gasteiger partial charge on any atom is 0.300 e. The SMILES string of the molecule is CCn1c(C#CC(=O)Nc2ccccc2)cc2cc(CNC3CCN(C)CC3)ccc21. The number of nitrogens with one attached hydrogen (secondary N) is 2. The molecule has 1 aliphatic rings. The summed E-state index contributed by atoms with van der Waals surface area (Å²) in [7, 11) is 2.19. The number of aryl methyl sites for hydroxylation is 1. The Labute approximate surface area is 184 Å². The van der Waals surface area contributed by atoms with E-state index in [-0.39, 0.29) is 5.91 Å². The molecule has 3 aromatic rings. The lowest BCUT2D eigenvalue weighted by Crippen LogP contribution is -2.40. The molecule has 1 aliphatic heterocycles. The van der Waals surface area contributed by atoms with E-state index < -0.39 is 0 Å². The van der Waals surface area contributed by atoms with Gasteiger partial charge in [0.25, 0.3) is 0 Å². The third-order valence-corrected chi connectivity index (χ3v) is 5.93. The van der Waals surface area contributed by atoms with Gasteiger partial charge in [0, 0.05) is 41.6 Å². The van der Waals surface area contributed by atoms with E-state index in [1.807, 2.05) is 30.3 Å². The number of hydrogen-bond donors (Lipinski definition) is 2. The van der Waals surface area contributed by atoms with Gasteiger partial charge in [-0.1, -0.05) is 24.3 Å². The summed E-state index contributed by atoms with van der Waals surface area (Å²) in [6, 6.07) is 18.7. The number of amides is 1. The molecular weight excluding hydrogens is 384 g/mol. The van der Waals surface area contributed by atoms with Crippen molar-refractivity contribution in [1.82, 2.24) is 14.8 Å². The standard InChI is InChI=1S/C26H30N4O/c1-3-30-24(10-12-26(31)28-23-7-5-4-6-8-23)18-21-17-20(9-11-25(21)30)19-27-22-13-15-29(2)16-14-22/h4-9,11,17-18,22,27H,3,13-16,19H2,1-2H3,(H,28,31). The number of carbonyl (C=O) groups is 1. The topological polar surface area (TPSA) is 49.3 Å². The van der Waals surface area contributed by atoms with Crippen LogP contribution in [0.5, 0.6) is 0 Å². The normalized spacial score (nSPS) is 14.9. The largest absolute Gasteiger partial charge is 0.334 e. The van der Waals surface area contributed by atoms with Gasteiger partial charge in [-0.25, -0.2) is 0 Å². The van der Waals surface area contributed by atoms with Crippen LogP contribution in [0.3, 0.4) is 0 Å². The summed E-state index contributed by atoms with van der Waals surface area (Å²) in [5.74, 6) is 5.49. The highest BCUT2D eigenvalue weighted by Crippen LogP contribution is 2.21. The van der Waals surface area contributed by atoms with Gasteiger partial charge in [0.1, 0.15) is 0 Å². The molecule has 0 saturated carbocycles. The Balaban J connectivity index is 1.46. The summed E-state index contributed by atoms with van der Waals surface area (Å²) in [6.07, 6.45) is 2.41. The minimum atomic E-state index is -0.304. The molecule has 1 fully saturated rings. The third kappa shape index (κ3) is 5.35. The van der Waals surface area contributed by atoms with Crippen molar-refractivity contribution < 1.29 is 4.79 Å². The van der Waals surface area contributed by atoms with Crippen LogP contribution in [0.4, 0.5) is 5.69 Å². The van der Waals surface area contributed by atoms with Crippen molar-refractivity contribution in [3.8, 4) is 11.8 Å². The van der Waals surface area contributed by atoms with Gasteiger partial charge in [-0.05, 0) is 81.7 Å². The van der Waals surface area contributed by atoms with Gasteiger partial charge >= 0.3 is 5.91 Å². The number of rotatable bonds is 5. The number of aromatic nitrogens is 1. The summed E-state index contributed by atoms with van der Waals surface area (Å²) in [5.41, 5.74) is 4.04. The van der Waals surface area contributed by atoms with Crippen molar-refractivity contribution in [2.75, 3.05) is 25.5 Å². The summed E-state index contributed by atoms with van der Waals surface area (Å²) in [6.45, 7) is 6.11. The predicted octanol–water partition coefficient (Wildman–Crippen LogP) is 3.84. The van der Waals surface area contributed by atoms with Crippen LogP contribution in [0.1, 0.15) is 31.0 Å². The van der Waals surface area contributed by atoms with E-state index in [9.17, 15) is 4.79 Å². The maximum absolute atomic E-state index is 12.2. The molecule has 2 N–H and O–H groups in total. The number of likely N-dealkylation sites (tertiary alicyclic amines) is 1. The van der Waals surface area contributed by atoms with Crippen LogP contribution in [-0.2, 0) is 17.9 Å². The number of benzene rings is 2. The first-order chi connectivity index (χ1) is 15.1. The number of para-hydroxylation sites is 1. The Kier molecular flexibility index (Phi) is 6.71. The summed E-state index contributed by atoms with van der Waals surface area (Å²) < 4.78 is 2.16. The number of nitrogens with zero attached hydrogens (tertiary/aromatic N) is 2. The van der Waals surface area contributed by atoms with Crippen LogP contribution in [0.2, 0.25) is 0 Å². The molecule has 0 atom stereocenters. The van der Waals surface area contributed by atoms with E-state index in [1.54, 1.807) is 0 Å². The fourth-order valence-corrected chi connectivity index (χ4v) is 4.15. The van der Waals surface area contributed by atoms with Gasteiger partial charge in [0.15, 0.2) is 0 Å². The molecule has 1 saturated heterocycles. The first-order valence-electron chi connectivity index (χ1n) is 11.0. The average Bonchev–Trinajstić information content (AvgIpc) is 3.14. The molecule has 0 radical (unpaired) electrons.